The van der Waals surface area contributed by atoms with Gasteiger partial charge >= 0.3 is 0 Å². The van der Waals surface area contributed by atoms with E-state index in [0.29, 0.717) is 19.6 Å². The summed E-state index contributed by atoms with van der Waals surface area (Å²) >= 11 is 0. The Morgan fingerprint density at radius 3 is 2.85 bits per heavy atom. The number of likely N-dealkylation sites (N-methyl/N-ethyl adjacent to an activating group) is 1. The fourth-order valence-corrected chi connectivity index (χ4v) is 4.14. The summed E-state index contributed by atoms with van der Waals surface area (Å²) < 4.78 is 11.6. The van der Waals surface area contributed by atoms with Gasteiger partial charge in [-0.05, 0) is 43.4 Å². The Morgan fingerprint density at radius 1 is 1.19 bits per heavy atom. The van der Waals surface area contributed by atoms with Gasteiger partial charge in [-0.25, -0.2) is 0 Å². The van der Waals surface area contributed by atoms with E-state index in [1.807, 2.05) is 23.1 Å². The van der Waals surface area contributed by atoms with Gasteiger partial charge in [0.25, 0.3) is 5.91 Å². The number of amides is 2. The molecule has 1 unspecified atom stereocenters. The maximum absolute atomic E-state index is 12.4. The number of likely N-dealkylation sites (tertiary alicyclic amines) is 1. The Hall–Kier alpha value is -2.12. The highest BCUT2D eigenvalue weighted by molar-refractivity contribution is 5.97. The van der Waals surface area contributed by atoms with E-state index < -0.39 is 5.85 Å². The first-order chi connectivity index (χ1) is 13.1. The molecule has 3 aliphatic rings. The topological polar surface area (TPSA) is 71.1 Å². The molecule has 146 valence electrons. The lowest BCUT2D eigenvalue weighted by Gasteiger charge is -2.42. The molecule has 2 saturated heterocycles. The van der Waals surface area contributed by atoms with Crippen molar-refractivity contribution in [2.24, 2.45) is 0 Å². The number of anilines is 1. The van der Waals surface area contributed by atoms with Crippen LogP contribution in [-0.4, -0.2) is 55.9 Å². The maximum Gasteiger partial charge on any atom is 0.264 e. The van der Waals surface area contributed by atoms with Crippen LogP contribution in [0.5, 0.6) is 5.75 Å². The quantitative estimate of drug-likeness (QED) is 0.850. The molecular weight excluding hydrogens is 346 g/mol. The van der Waals surface area contributed by atoms with Crippen LogP contribution in [0.3, 0.4) is 0 Å². The highest BCUT2D eigenvalue weighted by atomic mass is 16.5. The molecule has 3 heterocycles. The number of benzene rings is 1. The van der Waals surface area contributed by atoms with Crippen molar-refractivity contribution in [2.75, 3.05) is 38.3 Å². The van der Waals surface area contributed by atoms with Crippen molar-refractivity contribution < 1.29 is 19.1 Å². The molecule has 2 fully saturated rings. The molecule has 0 bridgehead atoms. The summed E-state index contributed by atoms with van der Waals surface area (Å²) in [5.74, 6) is 0.246. The molecule has 2 amide bonds. The molecule has 4 rings (SSSR count). The number of hydrogen-bond donors (Lipinski definition) is 1. The molecule has 0 saturated carbocycles. The molecule has 3 aliphatic heterocycles. The summed E-state index contributed by atoms with van der Waals surface area (Å²) in [6, 6.07) is 5.94. The summed E-state index contributed by atoms with van der Waals surface area (Å²) in [4.78, 5) is 27.6. The molecule has 1 aromatic carbocycles. The summed E-state index contributed by atoms with van der Waals surface area (Å²) in [5.41, 5.74) is 1.93. The van der Waals surface area contributed by atoms with Crippen molar-refractivity contribution in [3.63, 3.8) is 0 Å². The standard InChI is InChI=1S/C20H27N3O4/c1-22-16-7-6-15(13-17(16)26-14-19(22)25)8-10-21-20(9-4-12-27-20)23-11-3-2-5-18(23)24/h6-7,13,21H,2-5,8-12,14H2,1H3. The van der Waals surface area contributed by atoms with Crippen LogP contribution in [-0.2, 0) is 20.7 Å². The Labute approximate surface area is 159 Å². The third-order valence-corrected chi connectivity index (χ3v) is 5.69. The lowest BCUT2D eigenvalue weighted by Crippen LogP contribution is -2.62. The second kappa shape index (κ2) is 7.48. The number of carbonyl (C=O) groups excluding carboxylic acids is 2. The van der Waals surface area contributed by atoms with Crippen molar-refractivity contribution in [2.45, 2.75) is 44.4 Å². The third-order valence-electron chi connectivity index (χ3n) is 5.69. The third kappa shape index (κ3) is 3.53. The molecule has 0 spiro atoms. The zero-order valence-electron chi connectivity index (χ0n) is 15.8. The number of carbonyl (C=O) groups is 2. The van der Waals surface area contributed by atoms with Crippen LogP contribution in [0, 0.1) is 0 Å². The highest BCUT2D eigenvalue weighted by Crippen LogP contribution is 2.33. The fourth-order valence-electron chi connectivity index (χ4n) is 4.14. The van der Waals surface area contributed by atoms with Crippen molar-refractivity contribution in [1.82, 2.24) is 10.2 Å². The number of nitrogens with zero attached hydrogens (tertiary/aromatic N) is 2. The van der Waals surface area contributed by atoms with Gasteiger partial charge in [0.05, 0.1) is 12.3 Å². The van der Waals surface area contributed by atoms with Gasteiger partial charge in [-0.3, -0.25) is 14.9 Å². The van der Waals surface area contributed by atoms with Gasteiger partial charge in [-0.1, -0.05) is 6.07 Å². The number of fused-ring (bicyclic) bond motifs is 1. The van der Waals surface area contributed by atoms with Crippen LogP contribution in [0.1, 0.15) is 37.7 Å². The van der Waals surface area contributed by atoms with Gasteiger partial charge in [0, 0.05) is 33.0 Å². The highest BCUT2D eigenvalue weighted by Gasteiger charge is 2.43. The van der Waals surface area contributed by atoms with E-state index in [4.69, 9.17) is 9.47 Å². The van der Waals surface area contributed by atoms with E-state index >= 15 is 0 Å². The van der Waals surface area contributed by atoms with Crippen LogP contribution >= 0.6 is 0 Å². The van der Waals surface area contributed by atoms with Gasteiger partial charge in [-0.15, -0.1) is 0 Å². The molecule has 7 nitrogen and oxygen atoms in total. The number of piperidine rings is 1. The second-order valence-electron chi connectivity index (χ2n) is 7.46. The van der Waals surface area contributed by atoms with Crippen LogP contribution in [0.15, 0.2) is 18.2 Å². The average molecular weight is 373 g/mol. The molecule has 0 aromatic heterocycles. The summed E-state index contributed by atoms with van der Waals surface area (Å²) in [5, 5.41) is 3.52. The predicted octanol–water partition coefficient (Wildman–Crippen LogP) is 1.65. The maximum atomic E-state index is 12.4. The first-order valence-corrected chi connectivity index (χ1v) is 9.81. The molecule has 1 aromatic rings. The van der Waals surface area contributed by atoms with E-state index in [0.717, 1.165) is 55.6 Å². The van der Waals surface area contributed by atoms with Crippen LogP contribution in [0.4, 0.5) is 5.69 Å². The minimum Gasteiger partial charge on any atom is -0.482 e. The van der Waals surface area contributed by atoms with Gasteiger partial charge < -0.3 is 19.3 Å². The first-order valence-electron chi connectivity index (χ1n) is 9.81. The summed E-state index contributed by atoms with van der Waals surface area (Å²) in [7, 11) is 1.77. The van der Waals surface area contributed by atoms with E-state index in [2.05, 4.69) is 5.32 Å². The van der Waals surface area contributed by atoms with Crippen molar-refractivity contribution >= 4 is 17.5 Å². The Kier molecular flexibility index (Phi) is 5.06. The average Bonchev–Trinajstić information content (AvgIpc) is 3.15. The predicted molar refractivity (Wildman–Crippen MR) is 101 cm³/mol. The van der Waals surface area contributed by atoms with Gasteiger partial charge in [0.2, 0.25) is 5.91 Å². The van der Waals surface area contributed by atoms with Gasteiger partial charge in [-0.2, -0.15) is 0 Å². The van der Waals surface area contributed by atoms with Crippen molar-refractivity contribution in [3.05, 3.63) is 23.8 Å². The number of nitrogens with one attached hydrogen (secondary N) is 1. The summed E-state index contributed by atoms with van der Waals surface area (Å²) in [6.07, 6.45) is 5.20. The van der Waals surface area contributed by atoms with Gasteiger partial charge in [0.1, 0.15) is 5.75 Å². The molecular formula is C20H27N3O4. The second-order valence-corrected chi connectivity index (χ2v) is 7.46. The molecule has 7 heteroatoms. The SMILES string of the molecule is CN1C(=O)COc2cc(CCNC3(N4CCCCC4=O)CCCO3)ccc21. The lowest BCUT2D eigenvalue weighted by molar-refractivity contribution is -0.177. The molecule has 0 radical (unpaired) electrons. The lowest BCUT2D eigenvalue weighted by atomic mass is 10.1. The number of ether oxygens (including phenoxy) is 2. The zero-order valence-corrected chi connectivity index (χ0v) is 15.8. The van der Waals surface area contributed by atoms with Crippen LogP contribution in [0.25, 0.3) is 0 Å². The number of rotatable bonds is 5. The molecule has 27 heavy (non-hydrogen) atoms. The minimum absolute atomic E-state index is 0.0385. The Bertz CT molecular complexity index is 730. The molecule has 1 atom stereocenters. The van der Waals surface area contributed by atoms with Crippen LogP contribution in [0.2, 0.25) is 0 Å². The van der Waals surface area contributed by atoms with E-state index in [9.17, 15) is 9.59 Å². The monoisotopic (exact) mass is 373 g/mol. The number of hydrogen-bond acceptors (Lipinski definition) is 5. The van der Waals surface area contributed by atoms with E-state index in [1.165, 1.54) is 0 Å². The summed E-state index contributed by atoms with van der Waals surface area (Å²) in [6.45, 7) is 2.24. The molecule has 1 N–H and O–H groups in total. The fraction of sp³-hybridized carbons (Fsp3) is 0.600. The zero-order chi connectivity index (χ0) is 18.9. The normalized spacial score (nSPS) is 25.5. The smallest absolute Gasteiger partial charge is 0.264 e. The van der Waals surface area contributed by atoms with Gasteiger partial charge in [0.15, 0.2) is 12.5 Å². The Balaban J connectivity index is 1.41. The minimum atomic E-state index is -0.644. The van der Waals surface area contributed by atoms with Crippen molar-refractivity contribution in [1.29, 1.82) is 0 Å². The van der Waals surface area contributed by atoms with E-state index in [1.54, 1.807) is 11.9 Å². The van der Waals surface area contributed by atoms with Crippen molar-refractivity contribution in [3.8, 4) is 5.75 Å². The van der Waals surface area contributed by atoms with E-state index in [-0.39, 0.29) is 18.4 Å². The Morgan fingerprint density at radius 2 is 2.07 bits per heavy atom. The first kappa shape index (κ1) is 18.3. The largest absolute Gasteiger partial charge is 0.482 e. The molecule has 0 aliphatic carbocycles. The van der Waals surface area contributed by atoms with Crippen LogP contribution < -0.4 is 15.0 Å².